The van der Waals surface area contributed by atoms with Crippen LogP contribution in [0.2, 0.25) is 0 Å². The van der Waals surface area contributed by atoms with Crippen LogP contribution in [-0.2, 0) is 6.42 Å². The number of aliphatic hydroxyl groups is 1. The van der Waals surface area contributed by atoms with Crippen molar-refractivity contribution in [3.63, 3.8) is 0 Å². The summed E-state index contributed by atoms with van der Waals surface area (Å²) in [6.45, 7) is 6.57. The predicted octanol–water partition coefficient (Wildman–Crippen LogP) is 2.39. The quantitative estimate of drug-likeness (QED) is 0.918. The zero-order valence-electron chi connectivity index (χ0n) is 12.8. The number of fused-ring (bicyclic) bond motifs is 1. The fraction of sp³-hybridized carbons (Fsp3) is 0.812. The molecular weight excluding hydrogens is 250 g/mol. The average molecular weight is 277 g/mol. The van der Waals surface area contributed by atoms with Crippen LogP contribution in [0.15, 0.2) is 12.3 Å². The number of piperidine rings is 1. The Hall–Kier alpha value is -0.870. The summed E-state index contributed by atoms with van der Waals surface area (Å²) in [5, 5.41) is 15.7. The summed E-state index contributed by atoms with van der Waals surface area (Å²) < 4.78 is 2.03. The highest BCUT2D eigenvalue weighted by molar-refractivity contribution is 5.11. The molecule has 0 saturated carbocycles. The molecule has 0 amide bonds. The molecule has 2 aliphatic rings. The summed E-state index contributed by atoms with van der Waals surface area (Å²) in [7, 11) is 0. The molecule has 1 aromatic rings. The van der Waals surface area contributed by atoms with Gasteiger partial charge in [-0.2, -0.15) is 5.10 Å². The molecule has 3 rings (SSSR count). The molecule has 2 saturated heterocycles. The van der Waals surface area contributed by atoms with Crippen LogP contribution >= 0.6 is 0 Å². The molecule has 0 aromatic carbocycles. The summed E-state index contributed by atoms with van der Waals surface area (Å²) in [5.74, 6) is 0. The van der Waals surface area contributed by atoms with Crippen molar-refractivity contribution in [2.45, 2.75) is 70.1 Å². The van der Waals surface area contributed by atoms with Gasteiger partial charge in [-0.15, -0.1) is 0 Å². The van der Waals surface area contributed by atoms with E-state index >= 15 is 0 Å². The van der Waals surface area contributed by atoms with Gasteiger partial charge in [0.05, 0.1) is 11.3 Å². The first-order valence-electron chi connectivity index (χ1n) is 8.13. The molecule has 3 heterocycles. The van der Waals surface area contributed by atoms with E-state index in [4.69, 9.17) is 0 Å². The zero-order chi connectivity index (χ0) is 14.2. The van der Waals surface area contributed by atoms with Gasteiger partial charge in [-0.3, -0.25) is 9.58 Å². The second-order valence-electron chi connectivity index (χ2n) is 6.62. The third-order valence-electron chi connectivity index (χ3n) is 5.26. The van der Waals surface area contributed by atoms with Crippen molar-refractivity contribution >= 4 is 0 Å². The minimum absolute atomic E-state index is 0.352. The maximum atomic E-state index is 11.1. The first-order valence-corrected chi connectivity index (χ1v) is 8.13. The minimum Gasteiger partial charge on any atom is -0.388 e. The number of rotatable bonds is 4. The lowest BCUT2D eigenvalue weighted by Gasteiger charge is -2.37. The molecule has 112 valence electrons. The number of aromatic nitrogens is 2. The molecule has 3 unspecified atom stereocenters. The molecule has 0 aliphatic carbocycles. The maximum absolute atomic E-state index is 11.1. The van der Waals surface area contributed by atoms with Crippen LogP contribution in [0.25, 0.3) is 0 Å². The lowest BCUT2D eigenvalue weighted by atomic mass is 9.85. The largest absolute Gasteiger partial charge is 0.388 e. The predicted molar refractivity (Wildman–Crippen MR) is 79.7 cm³/mol. The molecular formula is C16H27N3O. The van der Waals surface area contributed by atoms with Crippen molar-refractivity contribution in [1.82, 2.24) is 14.7 Å². The van der Waals surface area contributed by atoms with Crippen LogP contribution < -0.4 is 0 Å². The van der Waals surface area contributed by atoms with Crippen molar-refractivity contribution in [2.75, 3.05) is 13.1 Å². The normalized spacial score (nSPS) is 32.2. The van der Waals surface area contributed by atoms with Gasteiger partial charge >= 0.3 is 0 Å². The van der Waals surface area contributed by atoms with Gasteiger partial charge in [0.2, 0.25) is 0 Å². The van der Waals surface area contributed by atoms with Crippen molar-refractivity contribution < 1.29 is 5.11 Å². The average Bonchev–Trinajstić information content (AvgIpc) is 3.05. The Bertz CT molecular complexity index is 458. The van der Waals surface area contributed by atoms with Gasteiger partial charge in [0.15, 0.2) is 0 Å². The van der Waals surface area contributed by atoms with E-state index in [2.05, 4.69) is 36.1 Å². The molecule has 0 spiro atoms. The fourth-order valence-electron chi connectivity index (χ4n) is 3.80. The van der Waals surface area contributed by atoms with Crippen molar-refractivity contribution in [1.29, 1.82) is 0 Å². The minimum atomic E-state index is -0.560. The number of hydrogen-bond donors (Lipinski definition) is 1. The molecule has 4 nitrogen and oxygen atoms in total. The Kier molecular flexibility index (Phi) is 3.87. The number of nitrogens with zero attached hydrogens (tertiary/aromatic N) is 3. The van der Waals surface area contributed by atoms with Crippen LogP contribution in [-0.4, -0.2) is 44.5 Å². The Morgan fingerprint density at radius 2 is 2.30 bits per heavy atom. The molecule has 2 aliphatic heterocycles. The maximum Gasteiger partial charge on any atom is 0.0870 e. The highest BCUT2D eigenvalue weighted by Gasteiger charge is 2.46. The van der Waals surface area contributed by atoms with E-state index in [1.165, 1.54) is 12.8 Å². The SMILES string of the molecule is CCC(C)n1ccc(CC2(O)CCN3CCCCC32)n1. The lowest BCUT2D eigenvalue weighted by molar-refractivity contribution is -0.00968. The van der Waals surface area contributed by atoms with E-state index in [1.807, 2.05) is 4.68 Å². The Morgan fingerprint density at radius 3 is 3.10 bits per heavy atom. The number of hydrogen-bond acceptors (Lipinski definition) is 3. The Balaban J connectivity index is 1.71. The van der Waals surface area contributed by atoms with E-state index in [9.17, 15) is 5.11 Å². The van der Waals surface area contributed by atoms with E-state index in [0.717, 1.165) is 38.0 Å². The smallest absolute Gasteiger partial charge is 0.0870 e. The van der Waals surface area contributed by atoms with Crippen LogP contribution in [0.4, 0.5) is 0 Å². The van der Waals surface area contributed by atoms with E-state index in [-0.39, 0.29) is 0 Å². The highest BCUT2D eigenvalue weighted by Crippen LogP contribution is 2.37. The van der Waals surface area contributed by atoms with Crippen molar-refractivity contribution in [3.8, 4) is 0 Å². The van der Waals surface area contributed by atoms with Crippen LogP contribution in [0, 0.1) is 0 Å². The van der Waals surface area contributed by atoms with Gasteiger partial charge in [-0.25, -0.2) is 0 Å². The van der Waals surface area contributed by atoms with Crippen LogP contribution in [0.3, 0.4) is 0 Å². The molecule has 0 radical (unpaired) electrons. The third-order valence-corrected chi connectivity index (χ3v) is 5.26. The van der Waals surface area contributed by atoms with Gasteiger partial charge in [-0.1, -0.05) is 13.3 Å². The second kappa shape index (κ2) is 5.49. The molecule has 3 atom stereocenters. The molecule has 2 fully saturated rings. The summed E-state index contributed by atoms with van der Waals surface area (Å²) in [6, 6.07) is 2.87. The fourth-order valence-corrected chi connectivity index (χ4v) is 3.80. The van der Waals surface area contributed by atoms with E-state index in [1.54, 1.807) is 0 Å². The highest BCUT2D eigenvalue weighted by atomic mass is 16.3. The summed E-state index contributed by atoms with van der Waals surface area (Å²) in [6.07, 6.45) is 8.43. The van der Waals surface area contributed by atoms with Gasteiger partial charge in [0, 0.05) is 31.2 Å². The second-order valence-corrected chi connectivity index (χ2v) is 6.62. The Labute approximate surface area is 121 Å². The zero-order valence-corrected chi connectivity index (χ0v) is 12.8. The first-order chi connectivity index (χ1) is 9.62. The van der Waals surface area contributed by atoms with E-state index < -0.39 is 5.60 Å². The Morgan fingerprint density at radius 1 is 1.45 bits per heavy atom. The summed E-state index contributed by atoms with van der Waals surface area (Å²) >= 11 is 0. The van der Waals surface area contributed by atoms with Crippen molar-refractivity contribution in [3.05, 3.63) is 18.0 Å². The summed E-state index contributed by atoms with van der Waals surface area (Å²) in [5.41, 5.74) is 0.481. The topological polar surface area (TPSA) is 41.3 Å². The standard InChI is InChI=1S/C16H27N3O/c1-3-13(2)19-10-7-14(17-19)12-16(20)8-11-18-9-5-4-6-15(16)18/h7,10,13,15,20H,3-6,8-9,11-12H2,1-2H3. The van der Waals surface area contributed by atoms with Gasteiger partial charge < -0.3 is 5.11 Å². The summed E-state index contributed by atoms with van der Waals surface area (Å²) in [4.78, 5) is 2.48. The van der Waals surface area contributed by atoms with Crippen molar-refractivity contribution in [2.24, 2.45) is 0 Å². The third kappa shape index (κ3) is 2.51. The van der Waals surface area contributed by atoms with Gasteiger partial charge in [-0.05, 0) is 45.2 Å². The molecule has 1 aromatic heterocycles. The van der Waals surface area contributed by atoms with Gasteiger partial charge in [0.1, 0.15) is 0 Å². The van der Waals surface area contributed by atoms with E-state index in [0.29, 0.717) is 18.5 Å². The van der Waals surface area contributed by atoms with Crippen LogP contribution in [0.1, 0.15) is 57.7 Å². The lowest BCUT2D eigenvalue weighted by Crippen LogP contribution is -2.48. The van der Waals surface area contributed by atoms with Crippen LogP contribution in [0.5, 0.6) is 0 Å². The molecule has 20 heavy (non-hydrogen) atoms. The molecule has 1 N–H and O–H groups in total. The first kappa shape index (κ1) is 14.1. The molecule has 4 heteroatoms. The van der Waals surface area contributed by atoms with Gasteiger partial charge in [0.25, 0.3) is 0 Å². The monoisotopic (exact) mass is 277 g/mol. The molecule has 0 bridgehead atoms.